The maximum Gasteiger partial charge on any atom is 0.341 e. The Labute approximate surface area is 137 Å². The van der Waals surface area contributed by atoms with Crippen LogP contribution in [0.15, 0.2) is 47.4 Å². The second-order valence-corrected chi connectivity index (χ2v) is 6.72. The quantitative estimate of drug-likeness (QED) is 0.852. The van der Waals surface area contributed by atoms with E-state index in [-0.39, 0.29) is 4.90 Å². The third-order valence-electron chi connectivity index (χ3n) is 3.11. The highest BCUT2D eigenvalue weighted by Crippen LogP contribution is 2.26. The van der Waals surface area contributed by atoms with Crippen molar-refractivity contribution in [3.05, 3.63) is 64.4 Å². The van der Waals surface area contributed by atoms with Gasteiger partial charge in [0.2, 0.25) is 10.0 Å². The van der Waals surface area contributed by atoms with Crippen LogP contribution in [0.1, 0.15) is 28.9 Å². The van der Waals surface area contributed by atoms with Crippen LogP contribution in [-0.4, -0.2) is 14.4 Å². The summed E-state index contributed by atoms with van der Waals surface area (Å²) in [5, 5.41) is 5.36. The number of benzene rings is 2. The van der Waals surface area contributed by atoms with Crippen LogP contribution in [0, 0.1) is 5.82 Å². The van der Waals surface area contributed by atoms with E-state index in [1.165, 1.54) is 0 Å². The molecule has 0 aliphatic heterocycles. The molecule has 0 aliphatic rings. The first-order valence-corrected chi connectivity index (χ1v) is 8.40. The van der Waals surface area contributed by atoms with Crippen LogP contribution in [0.3, 0.4) is 0 Å². The van der Waals surface area contributed by atoms with Crippen molar-refractivity contribution in [3.8, 4) is 0 Å². The summed E-state index contributed by atoms with van der Waals surface area (Å²) in [7, 11) is -4.06. The lowest BCUT2D eigenvalue weighted by molar-refractivity contribution is 0.0332. The summed E-state index contributed by atoms with van der Waals surface area (Å²) in [5.74, 6) is -1.92. The van der Waals surface area contributed by atoms with Crippen LogP contribution >= 0.6 is 11.6 Å². The first-order chi connectivity index (χ1) is 10.7. The number of ether oxygens (including phenoxy) is 1. The second-order valence-electron chi connectivity index (χ2n) is 4.76. The predicted molar refractivity (Wildman–Crippen MR) is 83.1 cm³/mol. The standard InChI is InChI=1S/C15H13ClFNO4S/c1-9(11-4-2-3-5-13(11)16)22-15(19)12-8-10(23(18,20)21)6-7-14(12)17/h2-9H,1H3,(H2,18,20,21)/t9-/m0/s1. The number of esters is 1. The Kier molecular flexibility index (Phi) is 5.03. The Bertz CT molecular complexity index is 854. The number of carbonyl (C=O) groups excluding carboxylic acids is 1. The van der Waals surface area contributed by atoms with Crippen molar-refractivity contribution in [3.63, 3.8) is 0 Å². The first kappa shape index (κ1) is 17.4. The van der Waals surface area contributed by atoms with E-state index >= 15 is 0 Å². The molecule has 0 aromatic heterocycles. The van der Waals surface area contributed by atoms with Gasteiger partial charge in [0.25, 0.3) is 0 Å². The van der Waals surface area contributed by atoms with Gasteiger partial charge in [-0.15, -0.1) is 0 Å². The van der Waals surface area contributed by atoms with Gasteiger partial charge in [0, 0.05) is 10.6 Å². The van der Waals surface area contributed by atoms with E-state index in [0.717, 1.165) is 18.2 Å². The SMILES string of the molecule is C[C@H](OC(=O)c1cc(S(N)(=O)=O)ccc1F)c1ccccc1Cl. The number of halogens is 2. The summed E-state index contributed by atoms with van der Waals surface area (Å²) in [6, 6.07) is 9.38. The minimum Gasteiger partial charge on any atom is -0.454 e. The molecule has 5 nitrogen and oxygen atoms in total. The highest BCUT2D eigenvalue weighted by atomic mass is 35.5. The van der Waals surface area contributed by atoms with Crippen LogP contribution in [-0.2, 0) is 14.8 Å². The van der Waals surface area contributed by atoms with Crippen molar-refractivity contribution in [1.29, 1.82) is 0 Å². The van der Waals surface area contributed by atoms with Gasteiger partial charge in [0.05, 0.1) is 10.5 Å². The lowest BCUT2D eigenvalue weighted by Gasteiger charge is -2.15. The fourth-order valence-electron chi connectivity index (χ4n) is 1.93. The molecule has 0 amide bonds. The van der Waals surface area contributed by atoms with E-state index < -0.39 is 33.5 Å². The average molecular weight is 358 g/mol. The molecule has 0 heterocycles. The molecular formula is C15H13ClFNO4S. The van der Waals surface area contributed by atoms with Crippen LogP contribution < -0.4 is 5.14 Å². The van der Waals surface area contributed by atoms with E-state index in [9.17, 15) is 17.6 Å². The van der Waals surface area contributed by atoms with Gasteiger partial charge in [-0.2, -0.15) is 0 Å². The fraction of sp³-hybridized carbons (Fsp3) is 0.133. The van der Waals surface area contributed by atoms with E-state index in [1.807, 2.05) is 0 Å². The number of sulfonamides is 1. The zero-order valence-corrected chi connectivity index (χ0v) is 13.6. The summed E-state index contributed by atoms with van der Waals surface area (Å²) in [4.78, 5) is 11.7. The summed E-state index contributed by atoms with van der Waals surface area (Å²) in [5.41, 5.74) is 0.0287. The monoisotopic (exact) mass is 357 g/mol. The molecule has 0 saturated heterocycles. The summed E-state index contributed by atoms with van der Waals surface area (Å²) in [6.45, 7) is 1.57. The Morgan fingerprint density at radius 2 is 1.91 bits per heavy atom. The third-order valence-corrected chi connectivity index (χ3v) is 4.37. The van der Waals surface area contributed by atoms with Gasteiger partial charge in [-0.3, -0.25) is 0 Å². The number of rotatable bonds is 4. The molecule has 0 fully saturated rings. The molecule has 122 valence electrons. The molecule has 2 rings (SSSR count). The summed E-state index contributed by atoms with van der Waals surface area (Å²) in [6.07, 6.45) is -0.742. The van der Waals surface area contributed by atoms with Crippen LogP contribution in [0.2, 0.25) is 5.02 Å². The molecule has 0 unspecified atom stereocenters. The maximum atomic E-state index is 13.8. The summed E-state index contributed by atoms with van der Waals surface area (Å²) < 4.78 is 41.5. The number of nitrogens with two attached hydrogens (primary N) is 1. The van der Waals surface area contributed by atoms with E-state index in [2.05, 4.69) is 0 Å². The third kappa shape index (κ3) is 4.07. The molecule has 0 aliphatic carbocycles. The van der Waals surface area contributed by atoms with Gasteiger partial charge in [0.15, 0.2) is 0 Å². The lowest BCUT2D eigenvalue weighted by Crippen LogP contribution is -2.15. The molecule has 2 N–H and O–H groups in total. The lowest BCUT2D eigenvalue weighted by atomic mass is 10.1. The molecule has 23 heavy (non-hydrogen) atoms. The Balaban J connectivity index is 2.29. The molecule has 0 spiro atoms. The minimum absolute atomic E-state index is 0.378. The van der Waals surface area contributed by atoms with Crippen molar-refractivity contribution in [2.24, 2.45) is 5.14 Å². The smallest absolute Gasteiger partial charge is 0.341 e. The largest absolute Gasteiger partial charge is 0.454 e. The molecule has 1 atom stereocenters. The maximum absolute atomic E-state index is 13.8. The van der Waals surface area contributed by atoms with Gasteiger partial charge in [-0.25, -0.2) is 22.7 Å². The molecule has 0 saturated carbocycles. The zero-order valence-electron chi connectivity index (χ0n) is 12.0. The van der Waals surface area contributed by atoms with Crippen molar-refractivity contribution < 1.29 is 22.3 Å². The van der Waals surface area contributed by atoms with E-state index in [4.69, 9.17) is 21.5 Å². The molecule has 8 heteroatoms. The molecule has 2 aromatic carbocycles. The first-order valence-electron chi connectivity index (χ1n) is 6.48. The molecule has 2 aromatic rings. The summed E-state index contributed by atoms with van der Waals surface area (Å²) >= 11 is 6.00. The van der Waals surface area contributed by atoms with Gasteiger partial charge < -0.3 is 4.74 Å². The van der Waals surface area contributed by atoms with Gasteiger partial charge >= 0.3 is 5.97 Å². The zero-order chi connectivity index (χ0) is 17.2. The van der Waals surface area contributed by atoms with Gasteiger partial charge in [0.1, 0.15) is 11.9 Å². The van der Waals surface area contributed by atoms with Gasteiger partial charge in [-0.05, 0) is 31.2 Å². The highest BCUT2D eigenvalue weighted by Gasteiger charge is 2.21. The number of hydrogen-bond acceptors (Lipinski definition) is 4. The van der Waals surface area contributed by atoms with E-state index in [0.29, 0.717) is 10.6 Å². The highest BCUT2D eigenvalue weighted by molar-refractivity contribution is 7.89. The van der Waals surface area contributed by atoms with Crippen molar-refractivity contribution in [2.45, 2.75) is 17.9 Å². The normalized spacial score (nSPS) is 12.7. The van der Waals surface area contributed by atoms with Crippen LogP contribution in [0.5, 0.6) is 0 Å². The molecular weight excluding hydrogens is 345 g/mol. The van der Waals surface area contributed by atoms with Crippen LogP contribution in [0.25, 0.3) is 0 Å². The van der Waals surface area contributed by atoms with E-state index in [1.54, 1.807) is 31.2 Å². The Hall–Kier alpha value is -1.96. The van der Waals surface area contributed by atoms with Crippen molar-refractivity contribution in [1.82, 2.24) is 0 Å². The fourth-order valence-corrected chi connectivity index (χ4v) is 2.76. The van der Waals surface area contributed by atoms with Crippen molar-refractivity contribution in [2.75, 3.05) is 0 Å². The number of carbonyl (C=O) groups is 1. The molecule has 0 radical (unpaired) electrons. The number of hydrogen-bond donors (Lipinski definition) is 1. The predicted octanol–water partition coefficient (Wildman–Crippen LogP) is 3.04. The average Bonchev–Trinajstić information content (AvgIpc) is 2.46. The van der Waals surface area contributed by atoms with Gasteiger partial charge in [-0.1, -0.05) is 29.8 Å². The number of primary sulfonamides is 1. The minimum atomic E-state index is -4.06. The Morgan fingerprint density at radius 1 is 1.26 bits per heavy atom. The van der Waals surface area contributed by atoms with Crippen molar-refractivity contribution >= 4 is 27.6 Å². The molecule has 0 bridgehead atoms. The topological polar surface area (TPSA) is 86.5 Å². The Morgan fingerprint density at radius 3 is 2.52 bits per heavy atom. The van der Waals surface area contributed by atoms with Crippen LogP contribution in [0.4, 0.5) is 4.39 Å². The second kappa shape index (κ2) is 6.66.